The SMILES string of the molecule is CCN1CC(CNC(=O)c2cccnc2)CC1=O. The Morgan fingerprint density at radius 3 is 3.06 bits per heavy atom. The normalized spacial score (nSPS) is 19.1. The number of nitrogens with one attached hydrogen (secondary N) is 1. The van der Waals surface area contributed by atoms with E-state index in [9.17, 15) is 9.59 Å². The lowest BCUT2D eigenvalue weighted by atomic mass is 10.1. The topological polar surface area (TPSA) is 62.3 Å². The molecule has 0 spiro atoms. The van der Waals surface area contributed by atoms with Crippen molar-refractivity contribution < 1.29 is 9.59 Å². The largest absolute Gasteiger partial charge is 0.352 e. The molecule has 2 amide bonds. The van der Waals surface area contributed by atoms with Gasteiger partial charge in [-0.2, -0.15) is 0 Å². The summed E-state index contributed by atoms with van der Waals surface area (Å²) in [4.78, 5) is 29.0. The van der Waals surface area contributed by atoms with Gasteiger partial charge in [-0.3, -0.25) is 14.6 Å². The number of pyridine rings is 1. The molecule has 1 fully saturated rings. The van der Waals surface area contributed by atoms with Gasteiger partial charge >= 0.3 is 0 Å². The minimum Gasteiger partial charge on any atom is -0.352 e. The molecule has 0 radical (unpaired) electrons. The zero-order valence-electron chi connectivity index (χ0n) is 10.4. The monoisotopic (exact) mass is 247 g/mol. The third kappa shape index (κ3) is 2.85. The van der Waals surface area contributed by atoms with Crippen LogP contribution >= 0.6 is 0 Å². The summed E-state index contributed by atoms with van der Waals surface area (Å²) in [5.41, 5.74) is 0.550. The van der Waals surface area contributed by atoms with E-state index in [2.05, 4.69) is 10.3 Å². The molecule has 1 aliphatic heterocycles. The smallest absolute Gasteiger partial charge is 0.252 e. The zero-order chi connectivity index (χ0) is 13.0. The van der Waals surface area contributed by atoms with Crippen molar-refractivity contribution in [3.63, 3.8) is 0 Å². The second-order valence-electron chi connectivity index (χ2n) is 4.45. The van der Waals surface area contributed by atoms with E-state index < -0.39 is 0 Å². The summed E-state index contributed by atoms with van der Waals surface area (Å²) in [6.45, 7) is 3.99. The van der Waals surface area contributed by atoms with Gasteiger partial charge in [0.1, 0.15) is 0 Å². The van der Waals surface area contributed by atoms with Crippen molar-refractivity contribution in [1.82, 2.24) is 15.2 Å². The average Bonchev–Trinajstić information content (AvgIpc) is 2.77. The minimum absolute atomic E-state index is 0.134. The molecule has 0 bridgehead atoms. The fraction of sp³-hybridized carbons (Fsp3) is 0.462. The summed E-state index contributed by atoms with van der Waals surface area (Å²) in [5.74, 6) is 0.265. The van der Waals surface area contributed by atoms with Gasteiger partial charge in [-0.15, -0.1) is 0 Å². The van der Waals surface area contributed by atoms with Gasteiger partial charge in [0.15, 0.2) is 0 Å². The Kier molecular flexibility index (Phi) is 3.92. The summed E-state index contributed by atoms with van der Waals surface area (Å²) in [6.07, 6.45) is 3.69. The van der Waals surface area contributed by atoms with Gasteiger partial charge < -0.3 is 10.2 Å². The highest BCUT2D eigenvalue weighted by molar-refractivity contribution is 5.93. The van der Waals surface area contributed by atoms with E-state index >= 15 is 0 Å². The maximum Gasteiger partial charge on any atom is 0.252 e. The van der Waals surface area contributed by atoms with E-state index in [0.717, 1.165) is 13.1 Å². The first-order chi connectivity index (χ1) is 8.70. The highest BCUT2D eigenvalue weighted by Crippen LogP contribution is 2.16. The number of carbonyl (C=O) groups excluding carboxylic acids is 2. The van der Waals surface area contributed by atoms with Crippen LogP contribution in [0.25, 0.3) is 0 Å². The molecular weight excluding hydrogens is 230 g/mol. The fourth-order valence-electron chi connectivity index (χ4n) is 2.13. The molecule has 1 aliphatic rings. The molecule has 1 unspecified atom stereocenters. The second kappa shape index (κ2) is 5.62. The molecule has 1 N–H and O–H groups in total. The van der Waals surface area contributed by atoms with Crippen LogP contribution < -0.4 is 5.32 Å². The number of hydrogen-bond donors (Lipinski definition) is 1. The van der Waals surface area contributed by atoms with Crippen molar-refractivity contribution in [3.8, 4) is 0 Å². The van der Waals surface area contributed by atoms with Crippen LogP contribution in [-0.2, 0) is 4.79 Å². The Labute approximate surface area is 106 Å². The Balaban J connectivity index is 1.83. The van der Waals surface area contributed by atoms with Crippen LogP contribution in [0.2, 0.25) is 0 Å². The van der Waals surface area contributed by atoms with Gasteiger partial charge in [-0.05, 0) is 19.1 Å². The molecule has 0 saturated carbocycles. The molecule has 1 aromatic heterocycles. The number of aromatic nitrogens is 1. The maximum absolute atomic E-state index is 11.8. The Bertz CT molecular complexity index is 433. The molecule has 0 aliphatic carbocycles. The van der Waals surface area contributed by atoms with Gasteiger partial charge in [-0.25, -0.2) is 0 Å². The van der Waals surface area contributed by atoms with Crippen LogP contribution in [-0.4, -0.2) is 41.3 Å². The summed E-state index contributed by atoms with van der Waals surface area (Å²) in [6, 6.07) is 3.45. The lowest BCUT2D eigenvalue weighted by molar-refractivity contribution is -0.127. The second-order valence-corrected chi connectivity index (χ2v) is 4.45. The first kappa shape index (κ1) is 12.5. The minimum atomic E-state index is -0.134. The molecular formula is C13H17N3O2. The summed E-state index contributed by atoms with van der Waals surface area (Å²) in [5, 5.41) is 2.85. The molecule has 1 saturated heterocycles. The lowest BCUT2D eigenvalue weighted by Crippen LogP contribution is -2.31. The third-order valence-electron chi connectivity index (χ3n) is 3.15. The van der Waals surface area contributed by atoms with Gasteiger partial charge in [0.25, 0.3) is 5.91 Å². The highest BCUT2D eigenvalue weighted by atomic mass is 16.2. The van der Waals surface area contributed by atoms with Gasteiger partial charge in [0.2, 0.25) is 5.91 Å². The van der Waals surface area contributed by atoms with Crippen molar-refractivity contribution in [2.75, 3.05) is 19.6 Å². The third-order valence-corrected chi connectivity index (χ3v) is 3.15. The molecule has 0 aromatic carbocycles. The van der Waals surface area contributed by atoms with Crippen molar-refractivity contribution in [2.24, 2.45) is 5.92 Å². The predicted molar refractivity (Wildman–Crippen MR) is 66.9 cm³/mol. The van der Waals surface area contributed by atoms with E-state index in [-0.39, 0.29) is 17.7 Å². The molecule has 1 aromatic rings. The van der Waals surface area contributed by atoms with Gasteiger partial charge in [0.05, 0.1) is 5.56 Å². The van der Waals surface area contributed by atoms with Crippen LogP contribution in [0.15, 0.2) is 24.5 Å². The molecule has 5 nitrogen and oxygen atoms in total. The summed E-state index contributed by atoms with van der Waals surface area (Å²) < 4.78 is 0. The van der Waals surface area contributed by atoms with E-state index in [0.29, 0.717) is 18.5 Å². The quantitative estimate of drug-likeness (QED) is 0.851. The van der Waals surface area contributed by atoms with Crippen molar-refractivity contribution >= 4 is 11.8 Å². The van der Waals surface area contributed by atoms with Crippen LogP contribution in [0.3, 0.4) is 0 Å². The Morgan fingerprint density at radius 1 is 1.61 bits per heavy atom. The first-order valence-electron chi connectivity index (χ1n) is 6.16. The summed E-state index contributed by atoms with van der Waals surface area (Å²) >= 11 is 0. The van der Waals surface area contributed by atoms with Crippen LogP contribution in [0.5, 0.6) is 0 Å². The number of nitrogens with zero attached hydrogens (tertiary/aromatic N) is 2. The van der Waals surface area contributed by atoms with Crippen molar-refractivity contribution in [1.29, 1.82) is 0 Å². The highest BCUT2D eigenvalue weighted by Gasteiger charge is 2.28. The maximum atomic E-state index is 11.8. The molecule has 1 atom stereocenters. The Hall–Kier alpha value is -1.91. The van der Waals surface area contributed by atoms with Gasteiger partial charge in [0, 0.05) is 44.4 Å². The number of likely N-dealkylation sites (tertiary alicyclic amines) is 1. The molecule has 5 heteroatoms. The van der Waals surface area contributed by atoms with Crippen LogP contribution in [0.4, 0.5) is 0 Å². The predicted octanol–water partition coefficient (Wildman–Crippen LogP) is 0.680. The molecule has 96 valence electrons. The average molecular weight is 247 g/mol. The number of hydrogen-bond acceptors (Lipinski definition) is 3. The van der Waals surface area contributed by atoms with Crippen LogP contribution in [0, 0.1) is 5.92 Å². The van der Waals surface area contributed by atoms with Crippen LogP contribution in [0.1, 0.15) is 23.7 Å². The van der Waals surface area contributed by atoms with E-state index in [4.69, 9.17) is 0 Å². The van der Waals surface area contributed by atoms with E-state index in [1.165, 1.54) is 6.20 Å². The lowest BCUT2D eigenvalue weighted by Gasteiger charge is -2.14. The number of carbonyl (C=O) groups is 2. The van der Waals surface area contributed by atoms with E-state index in [1.54, 1.807) is 18.3 Å². The van der Waals surface area contributed by atoms with Crippen molar-refractivity contribution in [3.05, 3.63) is 30.1 Å². The van der Waals surface area contributed by atoms with E-state index in [1.807, 2.05) is 11.8 Å². The number of rotatable bonds is 4. The standard InChI is InChI=1S/C13H17N3O2/c1-2-16-9-10(6-12(16)17)7-15-13(18)11-4-3-5-14-8-11/h3-5,8,10H,2,6-7,9H2,1H3,(H,15,18). The molecule has 2 heterocycles. The number of amides is 2. The molecule has 18 heavy (non-hydrogen) atoms. The van der Waals surface area contributed by atoms with Gasteiger partial charge in [-0.1, -0.05) is 0 Å². The van der Waals surface area contributed by atoms with Crippen molar-refractivity contribution in [2.45, 2.75) is 13.3 Å². The fourth-order valence-corrected chi connectivity index (χ4v) is 2.13. The first-order valence-corrected chi connectivity index (χ1v) is 6.16. The molecule has 2 rings (SSSR count). The summed E-state index contributed by atoms with van der Waals surface area (Å²) in [7, 11) is 0. The Morgan fingerprint density at radius 2 is 2.44 bits per heavy atom. The zero-order valence-corrected chi connectivity index (χ0v) is 10.4.